The van der Waals surface area contributed by atoms with E-state index in [-0.39, 0.29) is 17.9 Å². The third-order valence-electron chi connectivity index (χ3n) is 2.71. The Morgan fingerprint density at radius 1 is 1.60 bits per heavy atom. The van der Waals surface area contributed by atoms with Crippen molar-refractivity contribution in [1.29, 1.82) is 0 Å². The number of nitrogens with two attached hydrogens (primary N) is 1. The smallest absolute Gasteiger partial charge is 0.312 e. The summed E-state index contributed by atoms with van der Waals surface area (Å²) in [5, 5.41) is 0. The highest BCUT2D eigenvalue weighted by Crippen LogP contribution is 2.18. The Bertz CT molecular complexity index is 238. The van der Waals surface area contributed by atoms with Crippen molar-refractivity contribution in [3.63, 3.8) is 0 Å². The summed E-state index contributed by atoms with van der Waals surface area (Å²) in [6.45, 7) is 4.77. The van der Waals surface area contributed by atoms with E-state index in [9.17, 15) is 4.79 Å². The Labute approximate surface area is 91.7 Å². The Morgan fingerprint density at radius 2 is 2.33 bits per heavy atom. The van der Waals surface area contributed by atoms with E-state index in [0.717, 1.165) is 12.8 Å². The molecule has 0 aliphatic heterocycles. The molecule has 0 amide bonds. The van der Waals surface area contributed by atoms with E-state index in [1.54, 1.807) is 0 Å². The van der Waals surface area contributed by atoms with Crippen molar-refractivity contribution < 1.29 is 9.53 Å². The Balaban J connectivity index is 2.22. The average molecular weight is 211 g/mol. The van der Waals surface area contributed by atoms with Crippen LogP contribution < -0.4 is 5.73 Å². The second kappa shape index (κ2) is 5.91. The van der Waals surface area contributed by atoms with Gasteiger partial charge in [0.2, 0.25) is 0 Å². The van der Waals surface area contributed by atoms with Crippen molar-refractivity contribution in [2.24, 2.45) is 17.6 Å². The highest BCUT2D eigenvalue weighted by Gasteiger charge is 2.24. The zero-order valence-corrected chi connectivity index (χ0v) is 9.61. The van der Waals surface area contributed by atoms with Crippen LogP contribution in [-0.4, -0.2) is 18.6 Å². The second-order valence-corrected chi connectivity index (χ2v) is 4.41. The molecule has 1 aliphatic carbocycles. The lowest BCUT2D eigenvalue weighted by molar-refractivity contribution is -0.148. The Morgan fingerprint density at radius 3 is 2.87 bits per heavy atom. The molecule has 3 heteroatoms. The molecule has 3 nitrogen and oxygen atoms in total. The van der Waals surface area contributed by atoms with Crippen LogP contribution in [0.4, 0.5) is 0 Å². The van der Waals surface area contributed by atoms with Crippen molar-refractivity contribution in [3.05, 3.63) is 12.2 Å². The van der Waals surface area contributed by atoms with Gasteiger partial charge in [-0.2, -0.15) is 0 Å². The van der Waals surface area contributed by atoms with Gasteiger partial charge in [-0.05, 0) is 18.8 Å². The molecule has 1 rings (SSSR count). The quantitative estimate of drug-likeness (QED) is 0.558. The molecule has 0 bridgehead atoms. The van der Waals surface area contributed by atoms with Crippen molar-refractivity contribution >= 4 is 5.97 Å². The third-order valence-corrected chi connectivity index (χ3v) is 2.71. The molecular formula is C12H21NO2. The van der Waals surface area contributed by atoms with Gasteiger partial charge in [-0.1, -0.05) is 32.4 Å². The van der Waals surface area contributed by atoms with Gasteiger partial charge in [0.15, 0.2) is 0 Å². The summed E-state index contributed by atoms with van der Waals surface area (Å²) in [7, 11) is 0. The van der Waals surface area contributed by atoms with Gasteiger partial charge in [0.1, 0.15) is 0 Å². The molecular weight excluding hydrogens is 190 g/mol. The van der Waals surface area contributed by atoms with Crippen LogP contribution in [0.1, 0.15) is 33.1 Å². The van der Waals surface area contributed by atoms with Gasteiger partial charge in [0, 0.05) is 6.04 Å². The minimum atomic E-state index is -0.123. The highest BCUT2D eigenvalue weighted by molar-refractivity contribution is 5.75. The summed E-state index contributed by atoms with van der Waals surface area (Å²) in [6.07, 6.45) is 6.67. The van der Waals surface area contributed by atoms with Crippen LogP contribution in [0.3, 0.4) is 0 Å². The molecule has 0 aromatic heterocycles. The number of carbonyl (C=O) groups is 1. The number of esters is 1. The minimum Gasteiger partial charge on any atom is -0.465 e. The Kier molecular flexibility index (Phi) is 4.82. The van der Waals surface area contributed by atoms with Gasteiger partial charge in [0.05, 0.1) is 12.5 Å². The van der Waals surface area contributed by atoms with Crippen LogP contribution in [0.15, 0.2) is 12.2 Å². The topological polar surface area (TPSA) is 52.3 Å². The highest BCUT2D eigenvalue weighted by atomic mass is 16.5. The number of ether oxygens (including phenoxy) is 1. The van der Waals surface area contributed by atoms with Crippen molar-refractivity contribution in [3.8, 4) is 0 Å². The lowest BCUT2D eigenvalue weighted by atomic mass is 10.1. The van der Waals surface area contributed by atoms with E-state index in [2.05, 4.69) is 13.8 Å². The van der Waals surface area contributed by atoms with Crippen LogP contribution in [-0.2, 0) is 9.53 Å². The average Bonchev–Trinajstić information content (AvgIpc) is 2.62. The van der Waals surface area contributed by atoms with E-state index in [4.69, 9.17) is 10.5 Å². The third kappa shape index (κ3) is 4.04. The first kappa shape index (κ1) is 12.2. The summed E-state index contributed by atoms with van der Waals surface area (Å²) in [5.74, 6) is 0.217. The standard InChI is InChI=1S/C12H21NO2/c1-3-4-9(2)8-15-12(14)10-5-6-11(13)7-10/h5-6,9-11H,3-4,7-8,13H2,1-2H3. The molecule has 3 atom stereocenters. The molecule has 0 aromatic carbocycles. The van der Waals surface area contributed by atoms with Crippen molar-refractivity contribution in [2.45, 2.75) is 39.2 Å². The predicted octanol–water partition coefficient (Wildman–Crippen LogP) is 1.87. The SMILES string of the molecule is CCCC(C)COC(=O)C1C=CC(N)C1. The summed E-state index contributed by atoms with van der Waals surface area (Å²) >= 11 is 0. The van der Waals surface area contributed by atoms with Gasteiger partial charge in [-0.3, -0.25) is 4.79 Å². The van der Waals surface area contributed by atoms with Crippen LogP contribution in [0.5, 0.6) is 0 Å². The van der Waals surface area contributed by atoms with Gasteiger partial charge in [-0.25, -0.2) is 0 Å². The number of rotatable bonds is 5. The molecule has 0 radical (unpaired) electrons. The van der Waals surface area contributed by atoms with Crippen LogP contribution in [0.2, 0.25) is 0 Å². The summed E-state index contributed by atoms with van der Waals surface area (Å²) in [6, 6.07) is 0.0237. The monoisotopic (exact) mass is 211 g/mol. The van der Waals surface area contributed by atoms with E-state index < -0.39 is 0 Å². The summed E-state index contributed by atoms with van der Waals surface area (Å²) in [5.41, 5.74) is 5.67. The minimum absolute atomic E-state index is 0.0237. The molecule has 86 valence electrons. The fourth-order valence-electron chi connectivity index (χ4n) is 1.81. The Hall–Kier alpha value is -0.830. The van der Waals surface area contributed by atoms with Crippen molar-refractivity contribution in [2.75, 3.05) is 6.61 Å². The zero-order chi connectivity index (χ0) is 11.3. The fourth-order valence-corrected chi connectivity index (χ4v) is 1.81. The molecule has 2 N–H and O–H groups in total. The first-order chi connectivity index (χ1) is 7.13. The zero-order valence-electron chi connectivity index (χ0n) is 9.61. The van der Waals surface area contributed by atoms with Crippen LogP contribution in [0.25, 0.3) is 0 Å². The molecule has 3 unspecified atom stereocenters. The maximum absolute atomic E-state index is 11.6. The first-order valence-corrected chi connectivity index (χ1v) is 5.74. The molecule has 0 saturated carbocycles. The number of carbonyl (C=O) groups excluding carboxylic acids is 1. The largest absolute Gasteiger partial charge is 0.465 e. The van der Waals surface area contributed by atoms with E-state index in [1.165, 1.54) is 0 Å². The normalized spacial score (nSPS) is 26.6. The van der Waals surface area contributed by atoms with E-state index in [1.807, 2.05) is 12.2 Å². The fraction of sp³-hybridized carbons (Fsp3) is 0.750. The summed E-state index contributed by atoms with van der Waals surface area (Å²) < 4.78 is 5.24. The van der Waals surface area contributed by atoms with Crippen LogP contribution in [0, 0.1) is 11.8 Å². The first-order valence-electron chi connectivity index (χ1n) is 5.74. The molecule has 0 fully saturated rings. The summed E-state index contributed by atoms with van der Waals surface area (Å²) in [4.78, 5) is 11.6. The van der Waals surface area contributed by atoms with Crippen molar-refractivity contribution in [1.82, 2.24) is 0 Å². The van der Waals surface area contributed by atoms with E-state index >= 15 is 0 Å². The van der Waals surface area contributed by atoms with Gasteiger partial charge < -0.3 is 10.5 Å². The lowest BCUT2D eigenvalue weighted by Gasteiger charge is -2.13. The molecule has 0 aromatic rings. The van der Waals surface area contributed by atoms with Gasteiger partial charge >= 0.3 is 5.97 Å². The molecule has 0 spiro atoms. The van der Waals surface area contributed by atoms with Gasteiger partial charge in [-0.15, -0.1) is 0 Å². The maximum atomic E-state index is 11.6. The molecule has 0 saturated heterocycles. The molecule has 0 heterocycles. The second-order valence-electron chi connectivity index (χ2n) is 4.41. The number of hydrogen-bond donors (Lipinski definition) is 1. The van der Waals surface area contributed by atoms with E-state index in [0.29, 0.717) is 18.9 Å². The van der Waals surface area contributed by atoms with Crippen LogP contribution >= 0.6 is 0 Å². The molecule has 1 aliphatic rings. The lowest BCUT2D eigenvalue weighted by Crippen LogP contribution is -2.22. The maximum Gasteiger partial charge on any atom is 0.312 e. The van der Waals surface area contributed by atoms with Gasteiger partial charge in [0.25, 0.3) is 0 Å². The molecule has 15 heavy (non-hydrogen) atoms. The number of hydrogen-bond acceptors (Lipinski definition) is 3. The predicted molar refractivity (Wildman–Crippen MR) is 60.3 cm³/mol.